The quantitative estimate of drug-likeness (QED) is 0.779. The molecule has 1 nitrogen and oxygen atoms in total. The Balaban J connectivity index is 1.81. The molecule has 19 heavy (non-hydrogen) atoms. The Kier molecular flexibility index (Phi) is 3.54. The van der Waals surface area contributed by atoms with E-state index in [0.717, 1.165) is 18.4 Å². The summed E-state index contributed by atoms with van der Waals surface area (Å²) in [5.74, 6) is 0.349. The topological polar surface area (TPSA) is 17.1 Å². The van der Waals surface area contributed by atoms with Gasteiger partial charge in [-0.1, -0.05) is 0 Å². The summed E-state index contributed by atoms with van der Waals surface area (Å²) in [6, 6.07) is 16.7. The molecular weight excluding hydrogens is 299 g/mol. The summed E-state index contributed by atoms with van der Waals surface area (Å²) >= 11 is 0.248. The second-order valence-corrected chi connectivity index (χ2v) is 7.66. The molecule has 1 aliphatic rings. The van der Waals surface area contributed by atoms with Gasteiger partial charge in [-0.3, -0.25) is 0 Å². The van der Waals surface area contributed by atoms with Crippen molar-refractivity contribution < 1.29 is 4.79 Å². The summed E-state index contributed by atoms with van der Waals surface area (Å²) < 4.78 is 1.33. The predicted molar refractivity (Wildman–Crippen MR) is 79.4 cm³/mol. The second kappa shape index (κ2) is 5.32. The molecule has 0 fully saturated rings. The first-order chi connectivity index (χ1) is 9.24. The summed E-state index contributed by atoms with van der Waals surface area (Å²) in [6.07, 6.45) is 2.05. The predicted octanol–water partition coefficient (Wildman–Crippen LogP) is 2.94. The molecule has 0 aliphatic heterocycles. The van der Waals surface area contributed by atoms with Crippen molar-refractivity contribution in [3.05, 3.63) is 65.2 Å². The van der Waals surface area contributed by atoms with Crippen molar-refractivity contribution in [1.29, 1.82) is 0 Å². The first-order valence-corrected chi connectivity index (χ1v) is 8.44. The zero-order valence-electron chi connectivity index (χ0n) is 10.9. The molecule has 96 valence electrons. The fourth-order valence-corrected chi connectivity index (χ4v) is 4.75. The SMILES string of the molecule is Cc1ccc([Se]C2CCc3ccccc3C2=O)cc1. The molecule has 0 saturated heterocycles. The Morgan fingerprint density at radius 2 is 1.79 bits per heavy atom. The van der Waals surface area contributed by atoms with Gasteiger partial charge in [0.25, 0.3) is 0 Å². The zero-order valence-corrected chi connectivity index (χ0v) is 12.6. The molecule has 2 heteroatoms. The number of hydrogen-bond donors (Lipinski definition) is 0. The van der Waals surface area contributed by atoms with Gasteiger partial charge >= 0.3 is 120 Å². The van der Waals surface area contributed by atoms with Crippen LogP contribution in [0.25, 0.3) is 0 Å². The summed E-state index contributed by atoms with van der Waals surface area (Å²) in [7, 11) is 0. The van der Waals surface area contributed by atoms with E-state index >= 15 is 0 Å². The monoisotopic (exact) mass is 316 g/mol. The molecule has 2 aromatic carbocycles. The van der Waals surface area contributed by atoms with E-state index in [9.17, 15) is 4.79 Å². The summed E-state index contributed by atoms with van der Waals surface area (Å²) in [5, 5.41) is 0. The Hall–Kier alpha value is -1.37. The summed E-state index contributed by atoms with van der Waals surface area (Å²) in [6.45, 7) is 2.10. The van der Waals surface area contributed by atoms with E-state index in [1.165, 1.54) is 15.6 Å². The minimum atomic E-state index is 0.213. The summed E-state index contributed by atoms with van der Waals surface area (Å²) in [5.41, 5.74) is 3.45. The molecule has 0 aromatic heterocycles. The van der Waals surface area contributed by atoms with Crippen molar-refractivity contribution in [2.45, 2.75) is 24.6 Å². The first kappa shape index (κ1) is 12.7. The molecule has 0 heterocycles. The Morgan fingerprint density at radius 1 is 1.05 bits per heavy atom. The second-order valence-electron chi connectivity index (χ2n) is 4.98. The van der Waals surface area contributed by atoms with Crippen LogP contribution in [0.2, 0.25) is 4.82 Å². The average molecular weight is 315 g/mol. The van der Waals surface area contributed by atoms with E-state index in [1.807, 2.05) is 18.2 Å². The Bertz CT molecular complexity index is 601. The third-order valence-electron chi connectivity index (χ3n) is 3.55. The molecule has 0 saturated carbocycles. The number of ketones is 1. The molecule has 3 rings (SSSR count). The van der Waals surface area contributed by atoms with Crippen molar-refractivity contribution >= 4 is 25.2 Å². The number of carbonyl (C=O) groups is 1. The van der Waals surface area contributed by atoms with E-state index in [1.54, 1.807) is 0 Å². The van der Waals surface area contributed by atoms with Crippen LogP contribution in [0.3, 0.4) is 0 Å². The van der Waals surface area contributed by atoms with Gasteiger partial charge < -0.3 is 0 Å². The number of hydrogen-bond acceptors (Lipinski definition) is 1. The van der Waals surface area contributed by atoms with Gasteiger partial charge in [0.1, 0.15) is 0 Å². The van der Waals surface area contributed by atoms with Crippen molar-refractivity contribution in [3.8, 4) is 0 Å². The van der Waals surface area contributed by atoms with Gasteiger partial charge in [0, 0.05) is 0 Å². The van der Waals surface area contributed by atoms with Gasteiger partial charge in [0.15, 0.2) is 0 Å². The normalized spacial score (nSPS) is 18.2. The molecule has 0 N–H and O–H groups in total. The van der Waals surface area contributed by atoms with Crippen molar-refractivity contribution in [2.24, 2.45) is 0 Å². The molecule has 1 atom stereocenters. The van der Waals surface area contributed by atoms with E-state index < -0.39 is 0 Å². The van der Waals surface area contributed by atoms with Crippen molar-refractivity contribution in [1.82, 2.24) is 0 Å². The van der Waals surface area contributed by atoms with Crippen LogP contribution >= 0.6 is 0 Å². The number of aryl methyl sites for hydroxylation is 2. The van der Waals surface area contributed by atoms with Crippen LogP contribution < -0.4 is 4.46 Å². The van der Waals surface area contributed by atoms with Gasteiger partial charge in [-0.05, 0) is 0 Å². The summed E-state index contributed by atoms with van der Waals surface area (Å²) in [4.78, 5) is 12.7. The van der Waals surface area contributed by atoms with Gasteiger partial charge in [0.05, 0.1) is 0 Å². The van der Waals surface area contributed by atoms with Gasteiger partial charge in [-0.25, -0.2) is 0 Å². The fourth-order valence-electron chi connectivity index (χ4n) is 2.46. The number of Topliss-reactive ketones (excluding diaryl/α,β-unsaturated/α-hetero) is 1. The number of fused-ring (bicyclic) bond motifs is 1. The van der Waals surface area contributed by atoms with Crippen molar-refractivity contribution in [3.63, 3.8) is 0 Å². The molecule has 0 amide bonds. The Morgan fingerprint density at radius 3 is 2.58 bits per heavy atom. The molecule has 1 unspecified atom stereocenters. The van der Waals surface area contributed by atoms with E-state index in [4.69, 9.17) is 0 Å². The third-order valence-corrected chi connectivity index (χ3v) is 6.23. The van der Waals surface area contributed by atoms with Crippen LogP contribution in [0.4, 0.5) is 0 Å². The molecule has 1 aliphatic carbocycles. The van der Waals surface area contributed by atoms with Gasteiger partial charge in [0.2, 0.25) is 0 Å². The van der Waals surface area contributed by atoms with E-state index in [2.05, 4.69) is 37.3 Å². The first-order valence-electron chi connectivity index (χ1n) is 6.59. The molecule has 0 radical (unpaired) electrons. The minimum absolute atomic E-state index is 0.213. The third kappa shape index (κ3) is 2.65. The average Bonchev–Trinajstić information content (AvgIpc) is 2.45. The number of rotatable bonds is 2. The van der Waals surface area contributed by atoms with Crippen LogP contribution in [-0.2, 0) is 6.42 Å². The van der Waals surface area contributed by atoms with Gasteiger partial charge in [-0.15, -0.1) is 0 Å². The standard InChI is InChI=1S/C17H16OSe/c1-12-6-9-14(10-7-12)19-16-11-8-13-4-2-3-5-15(13)17(16)18/h2-7,9-10,16H,8,11H2,1H3. The van der Waals surface area contributed by atoms with Crippen LogP contribution in [0.1, 0.15) is 27.9 Å². The van der Waals surface area contributed by atoms with Crippen molar-refractivity contribution in [2.75, 3.05) is 0 Å². The maximum atomic E-state index is 12.5. The van der Waals surface area contributed by atoms with E-state index in [0.29, 0.717) is 5.78 Å². The maximum absolute atomic E-state index is 12.5. The van der Waals surface area contributed by atoms with Crippen LogP contribution in [0.5, 0.6) is 0 Å². The fraction of sp³-hybridized carbons (Fsp3) is 0.235. The van der Waals surface area contributed by atoms with Gasteiger partial charge in [-0.2, -0.15) is 0 Å². The molecular formula is C17H16OSe. The Labute approximate surface area is 120 Å². The van der Waals surface area contributed by atoms with Crippen LogP contribution in [0, 0.1) is 6.92 Å². The van der Waals surface area contributed by atoms with Crippen LogP contribution in [-0.4, -0.2) is 20.7 Å². The van der Waals surface area contributed by atoms with Crippen LogP contribution in [0.15, 0.2) is 48.5 Å². The molecule has 0 bridgehead atoms. The molecule has 2 aromatic rings. The number of benzene rings is 2. The number of carbonyl (C=O) groups excluding carboxylic acids is 1. The molecule has 0 spiro atoms. The van der Waals surface area contributed by atoms with E-state index in [-0.39, 0.29) is 19.8 Å². The zero-order chi connectivity index (χ0) is 13.2.